The highest BCUT2D eigenvalue weighted by atomic mass is 32.2. The van der Waals surface area contributed by atoms with E-state index in [9.17, 15) is 8.42 Å². The number of sulfonamides is 1. The minimum absolute atomic E-state index is 0.181. The Hall–Kier alpha value is -0.980. The molecule has 0 spiro atoms. The summed E-state index contributed by atoms with van der Waals surface area (Å²) in [5, 5.41) is 0. The van der Waals surface area contributed by atoms with Gasteiger partial charge in [-0.25, -0.2) is 13.1 Å². The van der Waals surface area contributed by atoms with Gasteiger partial charge in [0, 0.05) is 19.3 Å². The fraction of sp³-hybridized carbons (Fsp3) is 0.643. The van der Waals surface area contributed by atoms with Gasteiger partial charge in [-0.15, -0.1) is 0 Å². The predicted molar refractivity (Wildman–Crippen MR) is 80.5 cm³/mol. The number of hydrogen-bond acceptors (Lipinski definition) is 4. The number of nitrogens with two attached hydrogens (primary N) is 1. The summed E-state index contributed by atoms with van der Waals surface area (Å²) in [6.45, 7) is 9.17. The first-order valence-corrected chi connectivity index (χ1v) is 8.41. The van der Waals surface area contributed by atoms with Crippen LogP contribution < -0.4 is 10.5 Å². The third-order valence-electron chi connectivity index (χ3n) is 3.54. The van der Waals surface area contributed by atoms with Crippen LogP contribution in [0.5, 0.6) is 0 Å². The molecule has 1 rings (SSSR count). The van der Waals surface area contributed by atoms with Crippen molar-refractivity contribution in [1.29, 1.82) is 0 Å². The van der Waals surface area contributed by atoms with Crippen molar-refractivity contribution in [3.05, 3.63) is 24.0 Å². The van der Waals surface area contributed by atoms with E-state index in [-0.39, 0.29) is 4.90 Å². The molecule has 1 heterocycles. The number of pyridine rings is 1. The topological polar surface area (TPSA) is 85.1 Å². The van der Waals surface area contributed by atoms with E-state index in [4.69, 9.17) is 5.73 Å². The SMILES string of the molecule is CC(C)C(CNS(=O)(=O)c1ccc(CN)nc1)C(C)C. The zero-order valence-electron chi connectivity index (χ0n) is 12.6. The van der Waals surface area contributed by atoms with Crippen LogP contribution in [-0.2, 0) is 16.6 Å². The average molecular weight is 299 g/mol. The van der Waals surface area contributed by atoms with Gasteiger partial charge in [0.2, 0.25) is 10.0 Å². The van der Waals surface area contributed by atoms with Gasteiger partial charge in [-0.2, -0.15) is 0 Å². The van der Waals surface area contributed by atoms with E-state index in [2.05, 4.69) is 37.4 Å². The molecule has 5 nitrogen and oxygen atoms in total. The van der Waals surface area contributed by atoms with Crippen LogP contribution in [0.3, 0.4) is 0 Å². The molecular weight excluding hydrogens is 274 g/mol. The summed E-state index contributed by atoms with van der Waals surface area (Å²) in [4.78, 5) is 4.20. The number of nitrogens with zero attached hydrogens (tertiary/aromatic N) is 1. The Morgan fingerprint density at radius 1 is 1.20 bits per heavy atom. The fourth-order valence-corrected chi connectivity index (χ4v) is 3.24. The standard InChI is InChI=1S/C14H25N3O2S/c1-10(2)14(11(3)4)9-17-20(18,19)13-6-5-12(7-15)16-8-13/h5-6,8,10-11,14,17H,7,9,15H2,1-4H3. The van der Waals surface area contributed by atoms with Crippen LogP contribution in [0.25, 0.3) is 0 Å². The van der Waals surface area contributed by atoms with Crippen LogP contribution in [0.1, 0.15) is 33.4 Å². The first-order valence-electron chi connectivity index (χ1n) is 6.92. The van der Waals surface area contributed by atoms with Crippen LogP contribution in [0.2, 0.25) is 0 Å². The van der Waals surface area contributed by atoms with E-state index in [1.54, 1.807) is 6.07 Å². The average Bonchev–Trinajstić information content (AvgIpc) is 2.38. The predicted octanol–water partition coefficient (Wildman–Crippen LogP) is 1.75. The fourth-order valence-electron chi connectivity index (χ4n) is 2.22. The Balaban J connectivity index is 2.78. The molecule has 0 bridgehead atoms. The quantitative estimate of drug-likeness (QED) is 0.803. The maximum absolute atomic E-state index is 12.2. The van der Waals surface area contributed by atoms with Crippen LogP contribution in [0, 0.1) is 17.8 Å². The molecule has 0 amide bonds. The van der Waals surface area contributed by atoms with E-state index in [1.165, 1.54) is 12.3 Å². The number of rotatable bonds is 7. The normalized spacial score (nSPS) is 12.6. The van der Waals surface area contributed by atoms with Crippen molar-refractivity contribution in [2.24, 2.45) is 23.5 Å². The zero-order valence-corrected chi connectivity index (χ0v) is 13.4. The summed E-state index contributed by atoms with van der Waals surface area (Å²) in [6, 6.07) is 3.17. The maximum Gasteiger partial charge on any atom is 0.242 e. The molecule has 0 unspecified atom stereocenters. The Morgan fingerprint density at radius 3 is 2.20 bits per heavy atom. The molecule has 114 valence electrons. The Bertz CT molecular complexity index is 502. The number of hydrogen-bond donors (Lipinski definition) is 2. The lowest BCUT2D eigenvalue weighted by atomic mass is 9.86. The van der Waals surface area contributed by atoms with Crippen molar-refractivity contribution >= 4 is 10.0 Å². The molecule has 0 radical (unpaired) electrons. The van der Waals surface area contributed by atoms with Gasteiger partial charge >= 0.3 is 0 Å². The molecule has 0 fully saturated rings. The molecule has 0 aromatic carbocycles. The van der Waals surface area contributed by atoms with Gasteiger partial charge in [0.15, 0.2) is 0 Å². The van der Waals surface area contributed by atoms with Crippen molar-refractivity contribution in [3.63, 3.8) is 0 Å². The molecule has 0 saturated carbocycles. The summed E-state index contributed by atoms with van der Waals surface area (Å²) in [7, 11) is -3.50. The molecule has 0 aliphatic carbocycles. The molecule has 1 aromatic heterocycles. The number of nitrogens with one attached hydrogen (secondary N) is 1. The molecule has 0 aliphatic heterocycles. The van der Waals surface area contributed by atoms with E-state index in [0.717, 1.165) is 0 Å². The third kappa shape index (κ3) is 4.54. The minimum atomic E-state index is -3.50. The summed E-state index contributed by atoms with van der Waals surface area (Å²) < 4.78 is 27.1. The van der Waals surface area contributed by atoms with Crippen LogP contribution in [0.4, 0.5) is 0 Å². The largest absolute Gasteiger partial charge is 0.325 e. The van der Waals surface area contributed by atoms with Crippen molar-refractivity contribution < 1.29 is 8.42 Å². The highest BCUT2D eigenvalue weighted by Crippen LogP contribution is 2.20. The van der Waals surface area contributed by atoms with E-state index in [0.29, 0.717) is 36.5 Å². The third-order valence-corrected chi connectivity index (χ3v) is 4.95. The first kappa shape index (κ1) is 17.1. The van der Waals surface area contributed by atoms with E-state index >= 15 is 0 Å². The van der Waals surface area contributed by atoms with Gasteiger partial charge in [0.1, 0.15) is 4.90 Å². The second kappa shape index (κ2) is 7.15. The monoisotopic (exact) mass is 299 g/mol. The second-order valence-corrected chi connectivity index (χ2v) is 7.46. The molecule has 6 heteroatoms. The minimum Gasteiger partial charge on any atom is -0.325 e. The lowest BCUT2D eigenvalue weighted by molar-refractivity contribution is 0.289. The molecule has 0 saturated heterocycles. The van der Waals surface area contributed by atoms with Crippen molar-refractivity contribution in [1.82, 2.24) is 9.71 Å². The summed E-state index contributed by atoms with van der Waals surface area (Å²) in [5.41, 5.74) is 6.12. The van der Waals surface area contributed by atoms with Gasteiger partial charge < -0.3 is 5.73 Å². The second-order valence-electron chi connectivity index (χ2n) is 5.69. The Labute approximate surface area is 122 Å². The molecule has 20 heavy (non-hydrogen) atoms. The Kier molecular flexibility index (Phi) is 6.10. The van der Waals surface area contributed by atoms with Gasteiger partial charge in [0.25, 0.3) is 0 Å². The van der Waals surface area contributed by atoms with Gasteiger partial charge in [0.05, 0.1) is 5.69 Å². The van der Waals surface area contributed by atoms with Gasteiger partial charge in [-0.3, -0.25) is 4.98 Å². The van der Waals surface area contributed by atoms with Crippen molar-refractivity contribution in [2.75, 3.05) is 6.54 Å². The van der Waals surface area contributed by atoms with E-state index in [1.807, 2.05) is 0 Å². The number of aromatic nitrogens is 1. The first-order chi connectivity index (χ1) is 9.27. The summed E-state index contributed by atoms with van der Waals surface area (Å²) in [5.74, 6) is 1.16. The zero-order chi connectivity index (χ0) is 15.3. The highest BCUT2D eigenvalue weighted by Gasteiger charge is 2.21. The van der Waals surface area contributed by atoms with Crippen LogP contribution in [0.15, 0.2) is 23.2 Å². The summed E-state index contributed by atoms with van der Waals surface area (Å²) in [6.07, 6.45) is 1.35. The van der Waals surface area contributed by atoms with Crippen molar-refractivity contribution in [2.45, 2.75) is 39.1 Å². The molecular formula is C14H25N3O2S. The van der Waals surface area contributed by atoms with Gasteiger partial charge in [-0.1, -0.05) is 27.7 Å². The molecule has 1 aromatic rings. The van der Waals surface area contributed by atoms with E-state index < -0.39 is 10.0 Å². The van der Waals surface area contributed by atoms with Crippen LogP contribution >= 0.6 is 0 Å². The lowest BCUT2D eigenvalue weighted by Crippen LogP contribution is -2.34. The summed E-state index contributed by atoms with van der Waals surface area (Å²) >= 11 is 0. The molecule has 0 atom stereocenters. The smallest absolute Gasteiger partial charge is 0.242 e. The Morgan fingerprint density at radius 2 is 1.80 bits per heavy atom. The van der Waals surface area contributed by atoms with Crippen LogP contribution in [-0.4, -0.2) is 19.9 Å². The highest BCUT2D eigenvalue weighted by molar-refractivity contribution is 7.89. The lowest BCUT2D eigenvalue weighted by Gasteiger charge is -2.24. The maximum atomic E-state index is 12.2. The van der Waals surface area contributed by atoms with Gasteiger partial charge in [-0.05, 0) is 29.9 Å². The van der Waals surface area contributed by atoms with Crippen molar-refractivity contribution in [3.8, 4) is 0 Å². The molecule has 3 N–H and O–H groups in total. The molecule has 0 aliphatic rings.